The Hall–Kier alpha value is -1.62. The van der Waals surface area contributed by atoms with E-state index in [0.29, 0.717) is 18.5 Å². The van der Waals surface area contributed by atoms with Crippen LogP contribution in [0.2, 0.25) is 0 Å². The quantitative estimate of drug-likeness (QED) is 0.788. The number of amides is 2. The molecule has 4 saturated carbocycles. The molecule has 0 radical (unpaired) electrons. The van der Waals surface area contributed by atoms with Crippen molar-refractivity contribution < 1.29 is 9.90 Å². The minimum atomic E-state index is -0.0689. The number of urea groups is 1. The Labute approximate surface area is 156 Å². The molecule has 26 heavy (non-hydrogen) atoms. The monoisotopic (exact) mass is 357 g/mol. The minimum absolute atomic E-state index is 0.0174. The number of aliphatic hydroxyl groups is 1. The Morgan fingerprint density at radius 3 is 2.31 bits per heavy atom. The van der Waals surface area contributed by atoms with E-state index in [-0.39, 0.29) is 12.6 Å². The molecule has 5 nitrogen and oxygen atoms in total. The molecule has 142 valence electrons. The van der Waals surface area contributed by atoms with Gasteiger partial charge in [0.25, 0.3) is 0 Å². The van der Waals surface area contributed by atoms with Gasteiger partial charge in [0, 0.05) is 32.0 Å². The Balaban J connectivity index is 1.32. The summed E-state index contributed by atoms with van der Waals surface area (Å²) in [4.78, 5) is 18.4. The van der Waals surface area contributed by atoms with E-state index in [0.717, 1.165) is 36.3 Å². The van der Waals surface area contributed by atoms with Gasteiger partial charge in [-0.3, -0.25) is 4.98 Å². The van der Waals surface area contributed by atoms with Gasteiger partial charge >= 0.3 is 6.03 Å². The lowest BCUT2D eigenvalue weighted by molar-refractivity contribution is -0.0598. The van der Waals surface area contributed by atoms with Crippen molar-refractivity contribution in [1.29, 1.82) is 0 Å². The van der Waals surface area contributed by atoms with Crippen molar-refractivity contribution in [1.82, 2.24) is 15.2 Å². The van der Waals surface area contributed by atoms with E-state index in [1.165, 1.54) is 38.5 Å². The van der Waals surface area contributed by atoms with Gasteiger partial charge in [0.2, 0.25) is 0 Å². The van der Waals surface area contributed by atoms with Gasteiger partial charge < -0.3 is 15.3 Å². The Morgan fingerprint density at radius 1 is 1.12 bits per heavy atom. The van der Waals surface area contributed by atoms with E-state index < -0.39 is 0 Å². The van der Waals surface area contributed by atoms with Crippen molar-refractivity contribution in [2.45, 2.75) is 51.5 Å². The van der Waals surface area contributed by atoms with Gasteiger partial charge in [-0.2, -0.15) is 0 Å². The molecule has 0 aromatic carbocycles. The first-order chi connectivity index (χ1) is 12.7. The molecule has 0 unspecified atom stereocenters. The van der Waals surface area contributed by atoms with Crippen LogP contribution in [0.25, 0.3) is 0 Å². The number of nitrogens with one attached hydrogen (secondary N) is 1. The van der Waals surface area contributed by atoms with E-state index in [2.05, 4.69) is 10.3 Å². The molecule has 4 fully saturated rings. The number of rotatable bonds is 7. The highest BCUT2D eigenvalue weighted by atomic mass is 16.3. The lowest BCUT2D eigenvalue weighted by atomic mass is 9.49. The van der Waals surface area contributed by atoms with Crippen molar-refractivity contribution in [3.8, 4) is 0 Å². The zero-order valence-electron chi connectivity index (χ0n) is 15.6. The molecule has 0 atom stereocenters. The fourth-order valence-corrected chi connectivity index (χ4v) is 6.19. The molecule has 0 aliphatic heterocycles. The zero-order valence-corrected chi connectivity index (χ0v) is 15.6. The van der Waals surface area contributed by atoms with Crippen LogP contribution in [-0.2, 0) is 6.54 Å². The second-order valence-corrected chi connectivity index (χ2v) is 8.89. The van der Waals surface area contributed by atoms with Gasteiger partial charge in [0.05, 0.1) is 6.61 Å². The van der Waals surface area contributed by atoms with Crippen LogP contribution in [0, 0.1) is 23.2 Å². The summed E-state index contributed by atoms with van der Waals surface area (Å²) in [6.07, 6.45) is 13.0. The highest BCUT2D eigenvalue weighted by Crippen LogP contribution is 2.61. The van der Waals surface area contributed by atoms with Crippen molar-refractivity contribution in [3.63, 3.8) is 0 Å². The summed E-state index contributed by atoms with van der Waals surface area (Å²) in [6, 6.07) is 3.75. The van der Waals surface area contributed by atoms with Gasteiger partial charge in [0.1, 0.15) is 0 Å². The van der Waals surface area contributed by atoms with Crippen LogP contribution < -0.4 is 5.32 Å². The van der Waals surface area contributed by atoms with Gasteiger partial charge in [0.15, 0.2) is 0 Å². The number of aromatic nitrogens is 1. The SMILES string of the molecule is O=C(NCc1ccncc1)N(CCO)CCC12CC3CC(CC(C3)C1)C2. The smallest absolute Gasteiger partial charge is 0.317 e. The van der Waals surface area contributed by atoms with Gasteiger partial charge in [-0.05, 0) is 85.8 Å². The van der Waals surface area contributed by atoms with Gasteiger partial charge in [-0.25, -0.2) is 4.79 Å². The summed E-state index contributed by atoms with van der Waals surface area (Å²) in [5.41, 5.74) is 1.51. The zero-order chi connectivity index (χ0) is 18.0. The van der Waals surface area contributed by atoms with Crippen molar-refractivity contribution in [2.24, 2.45) is 23.2 Å². The molecule has 4 bridgehead atoms. The van der Waals surface area contributed by atoms with Gasteiger partial charge in [-0.15, -0.1) is 0 Å². The normalized spacial score (nSPS) is 31.8. The van der Waals surface area contributed by atoms with Gasteiger partial charge in [-0.1, -0.05) is 0 Å². The minimum Gasteiger partial charge on any atom is -0.395 e. The molecule has 2 N–H and O–H groups in total. The highest BCUT2D eigenvalue weighted by molar-refractivity contribution is 5.74. The lowest BCUT2D eigenvalue weighted by Crippen LogP contribution is -2.49. The van der Waals surface area contributed by atoms with Crippen LogP contribution in [0.15, 0.2) is 24.5 Å². The Kier molecular flexibility index (Phi) is 5.16. The fourth-order valence-electron chi connectivity index (χ4n) is 6.19. The number of aliphatic hydroxyl groups excluding tert-OH is 1. The van der Waals surface area contributed by atoms with Crippen LogP contribution >= 0.6 is 0 Å². The standard InChI is InChI=1S/C21H31N3O2/c25-8-7-24(20(26)23-15-16-1-4-22-5-2-16)6-3-21-12-17-9-18(13-21)11-19(10-17)14-21/h1-2,4-5,17-19,25H,3,6-15H2,(H,23,26). The van der Waals surface area contributed by atoms with Crippen LogP contribution in [0.5, 0.6) is 0 Å². The largest absolute Gasteiger partial charge is 0.395 e. The topological polar surface area (TPSA) is 65.5 Å². The number of hydrogen-bond acceptors (Lipinski definition) is 3. The number of carbonyl (C=O) groups is 1. The third-order valence-corrected chi connectivity index (χ3v) is 6.93. The van der Waals surface area contributed by atoms with E-state index in [4.69, 9.17) is 0 Å². The molecule has 1 aromatic heterocycles. The number of carbonyl (C=O) groups excluding carboxylic acids is 1. The fraction of sp³-hybridized carbons (Fsp3) is 0.714. The average molecular weight is 357 g/mol. The maximum atomic E-state index is 12.6. The first-order valence-corrected chi connectivity index (χ1v) is 10.2. The molecule has 4 aliphatic rings. The molecule has 1 heterocycles. The Morgan fingerprint density at radius 2 is 1.73 bits per heavy atom. The highest BCUT2D eigenvalue weighted by Gasteiger charge is 2.50. The maximum absolute atomic E-state index is 12.6. The van der Waals surface area contributed by atoms with Crippen molar-refractivity contribution >= 4 is 6.03 Å². The summed E-state index contributed by atoms with van der Waals surface area (Å²) in [5.74, 6) is 2.81. The summed E-state index contributed by atoms with van der Waals surface area (Å²) in [6.45, 7) is 1.69. The number of hydrogen-bond donors (Lipinski definition) is 2. The molecule has 4 aliphatic carbocycles. The maximum Gasteiger partial charge on any atom is 0.317 e. The molecule has 5 heteroatoms. The summed E-state index contributed by atoms with van der Waals surface area (Å²) < 4.78 is 0. The third kappa shape index (κ3) is 3.88. The second-order valence-electron chi connectivity index (χ2n) is 8.89. The summed E-state index contributed by atoms with van der Waals surface area (Å²) >= 11 is 0. The van der Waals surface area contributed by atoms with Crippen LogP contribution in [0.3, 0.4) is 0 Å². The summed E-state index contributed by atoms with van der Waals surface area (Å²) in [5, 5.41) is 12.4. The molecular formula is C21H31N3O2. The number of pyridine rings is 1. The predicted octanol–water partition coefficient (Wildman–Crippen LogP) is 3.19. The molecule has 0 spiro atoms. The van der Waals surface area contributed by atoms with E-state index in [9.17, 15) is 9.90 Å². The first-order valence-electron chi connectivity index (χ1n) is 10.2. The molecule has 2 amide bonds. The molecule has 5 rings (SSSR count). The van der Waals surface area contributed by atoms with Crippen molar-refractivity contribution in [3.05, 3.63) is 30.1 Å². The lowest BCUT2D eigenvalue weighted by Gasteiger charge is -2.57. The molecular weight excluding hydrogens is 326 g/mol. The first kappa shape index (κ1) is 17.8. The predicted molar refractivity (Wildman–Crippen MR) is 100 cm³/mol. The summed E-state index contributed by atoms with van der Waals surface area (Å²) in [7, 11) is 0. The van der Waals surface area contributed by atoms with Crippen LogP contribution in [0.1, 0.15) is 50.5 Å². The van der Waals surface area contributed by atoms with E-state index >= 15 is 0 Å². The van der Waals surface area contributed by atoms with Crippen molar-refractivity contribution in [2.75, 3.05) is 19.7 Å². The van der Waals surface area contributed by atoms with E-state index in [1.54, 1.807) is 17.3 Å². The second kappa shape index (κ2) is 7.55. The van der Waals surface area contributed by atoms with Crippen LogP contribution in [0.4, 0.5) is 4.79 Å². The molecule has 0 saturated heterocycles. The third-order valence-electron chi connectivity index (χ3n) is 6.93. The Bertz CT molecular complexity index is 584. The van der Waals surface area contributed by atoms with E-state index in [1.807, 2.05) is 12.1 Å². The number of nitrogens with zero attached hydrogens (tertiary/aromatic N) is 2. The average Bonchev–Trinajstić information content (AvgIpc) is 2.63. The van der Waals surface area contributed by atoms with Crippen LogP contribution in [-0.4, -0.2) is 40.7 Å². The molecule has 1 aromatic rings.